The van der Waals surface area contributed by atoms with E-state index in [2.05, 4.69) is 9.72 Å². The number of carbonyl (C=O) groups is 1. The summed E-state index contributed by atoms with van der Waals surface area (Å²) in [6, 6.07) is 9.91. The predicted octanol–water partition coefficient (Wildman–Crippen LogP) is 2.22. The van der Waals surface area contributed by atoms with Crippen LogP contribution in [0.3, 0.4) is 0 Å². The van der Waals surface area contributed by atoms with Crippen LogP contribution < -0.4 is 4.31 Å². The van der Waals surface area contributed by atoms with Gasteiger partial charge in [0.2, 0.25) is 10.0 Å². The van der Waals surface area contributed by atoms with Gasteiger partial charge in [-0.3, -0.25) is 9.29 Å². The van der Waals surface area contributed by atoms with Gasteiger partial charge in [0, 0.05) is 12.4 Å². The third-order valence-electron chi connectivity index (χ3n) is 3.30. The molecular weight excluding hydrogens is 316 g/mol. The van der Waals surface area contributed by atoms with Crippen LogP contribution in [-0.2, 0) is 21.3 Å². The molecule has 2 rings (SSSR count). The van der Waals surface area contributed by atoms with Crippen molar-refractivity contribution in [1.29, 1.82) is 0 Å². The minimum absolute atomic E-state index is 0.0459. The normalized spacial score (nSPS) is 11.0. The lowest BCUT2D eigenvalue weighted by Crippen LogP contribution is -2.32. The zero-order valence-corrected chi connectivity index (χ0v) is 13.8. The minimum Gasteiger partial charge on any atom is -0.465 e. The van der Waals surface area contributed by atoms with Gasteiger partial charge in [-0.15, -0.1) is 0 Å². The fourth-order valence-corrected chi connectivity index (χ4v) is 3.16. The van der Waals surface area contributed by atoms with Crippen molar-refractivity contribution in [2.24, 2.45) is 0 Å². The van der Waals surface area contributed by atoms with Gasteiger partial charge in [-0.25, -0.2) is 13.2 Å². The van der Waals surface area contributed by atoms with Crippen molar-refractivity contribution < 1.29 is 17.9 Å². The van der Waals surface area contributed by atoms with Gasteiger partial charge in [-0.05, 0) is 36.8 Å². The predicted molar refractivity (Wildman–Crippen MR) is 87.7 cm³/mol. The van der Waals surface area contributed by atoms with E-state index in [0.29, 0.717) is 11.3 Å². The van der Waals surface area contributed by atoms with E-state index in [4.69, 9.17) is 0 Å². The maximum Gasteiger partial charge on any atom is 0.337 e. The maximum absolute atomic E-state index is 12.4. The highest BCUT2D eigenvalue weighted by Gasteiger charge is 2.22. The summed E-state index contributed by atoms with van der Waals surface area (Å²) in [6.07, 6.45) is 3.24. The molecule has 0 N–H and O–H groups in total. The number of hydrogen-bond donors (Lipinski definition) is 0. The molecule has 0 atom stereocenters. The van der Waals surface area contributed by atoms with Crippen LogP contribution in [-0.4, -0.2) is 32.2 Å². The quantitative estimate of drug-likeness (QED) is 0.757. The Kier molecular flexibility index (Phi) is 5.33. The van der Waals surface area contributed by atoms with Crippen molar-refractivity contribution in [3.63, 3.8) is 0 Å². The summed E-state index contributed by atoms with van der Waals surface area (Å²) in [5.41, 5.74) is 1.47. The van der Waals surface area contributed by atoms with Crippen LogP contribution >= 0.6 is 0 Å². The highest BCUT2D eigenvalue weighted by Crippen LogP contribution is 2.23. The lowest BCUT2D eigenvalue weighted by Gasteiger charge is -2.24. The zero-order valence-electron chi connectivity index (χ0n) is 13.0. The number of sulfonamides is 1. The first kappa shape index (κ1) is 17.0. The number of rotatable bonds is 6. The standard InChI is InChI=1S/C16H18N2O4S/c1-3-23(20,21)18(12-13-6-5-9-17-11-13)15-8-4-7-14(10-15)16(19)22-2/h4-11H,3,12H2,1-2H3. The summed E-state index contributed by atoms with van der Waals surface area (Å²) >= 11 is 0. The van der Waals surface area contributed by atoms with Crippen molar-refractivity contribution in [2.75, 3.05) is 17.2 Å². The monoisotopic (exact) mass is 334 g/mol. The molecule has 1 aromatic carbocycles. The van der Waals surface area contributed by atoms with Gasteiger partial charge in [0.1, 0.15) is 0 Å². The molecule has 0 bridgehead atoms. The fourth-order valence-electron chi connectivity index (χ4n) is 2.07. The van der Waals surface area contributed by atoms with Crippen molar-refractivity contribution >= 4 is 21.7 Å². The molecule has 23 heavy (non-hydrogen) atoms. The molecule has 0 saturated heterocycles. The number of anilines is 1. The van der Waals surface area contributed by atoms with Gasteiger partial charge in [-0.2, -0.15) is 0 Å². The molecule has 7 heteroatoms. The van der Waals surface area contributed by atoms with Gasteiger partial charge in [0.25, 0.3) is 0 Å². The van der Waals surface area contributed by atoms with Crippen LogP contribution in [0.1, 0.15) is 22.8 Å². The minimum atomic E-state index is -3.51. The third-order valence-corrected chi connectivity index (χ3v) is 5.05. The highest BCUT2D eigenvalue weighted by molar-refractivity contribution is 7.92. The molecule has 0 aliphatic heterocycles. The number of benzene rings is 1. The Morgan fingerprint density at radius 1 is 1.26 bits per heavy atom. The topological polar surface area (TPSA) is 76.6 Å². The van der Waals surface area contributed by atoms with Crippen LogP contribution in [0.4, 0.5) is 5.69 Å². The first-order valence-electron chi connectivity index (χ1n) is 7.05. The third kappa shape index (κ3) is 4.07. The molecule has 0 radical (unpaired) electrons. The van der Waals surface area contributed by atoms with Crippen LogP contribution in [0.2, 0.25) is 0 Å². The lowest BCUT2D eigenvalue weighted by molar-refractivity contribution is 0.0600. The Hall–Kier alpha value is -2.41. The zero-order chi connectivity index (χ0) is 16.9. The van der Waals surface area contributed by atoms with Gasteiger partial charge in [0.05, 0.1) is 30.7 Å². The summed E-state index contributed by atoms with van der Waals surface area (Å²) in [5, 5.41) is 0. The van der Waals surface area contributed by atoms with Crippen LogP contribution in [0.5, 0.6) is 0 Å². The van der Waals surface area contributed by atoms with Gasteiger partial charge < -0.3 is 4.74 Å². The second kappa shape index (κ2) is 7.23. The van der Waals surface area contributed by atoms with E-state index in [-0.39, 0.29) is 12.3 Å². The smallest absolute Gasteiger partial charge is 0.337 e. The molecule has 0 spiro atoms. The van der Waals surface area contributed by atoms with Crippen LogP contribution in [0.25, 0.3) is 0 Å². The number of hydrogen-bond acceptors (Lipinski definition) is 5. The summed E-state index contributed by atoms with van der Waals surface area (Å²) < 4.78 is 30.8. The molecule has 0 amide bonds. The van der Waals surface area contributed by atoms with Crippen molar-refractivity contribution in [3.05, 3.63) is 59.9 Å². The van der Waals surface area contributed by atoms with E-state index < -0.39 is 16.0 Å². The van der Waals surface area contributed by atoms with Crippen LogP contribution in [0.15, 0.2) is 48.8 Å². The molecule has 122 valence electrons. The number of esters is 1. The average Bonchev–Trinajstić information content (AvgIpc) is 2.59. The molecule has 0 fully saturated rings. The Balaban J connectivity index is 2.44. The number of pyridine rings is 1. The molecular formula is C16H18N2O4S. The van der Waals surface area contributed by atoms with Gasteiger partial charge in [0.15, 0.2) is 0 Å². The largest absolute Gasteiger partial charge is 0.465 e. The number of nitrogens with zero attached hydrogens (tertiary/aromatic N) is 2. The molecule has 0 unspecified atom stereocenters. The molecule has 1 heterocycles. The molecule has 0 saturated carbocycles. The highest BCUT2D eigenvalue weighted by atomic mass is 32.2. The summed E-state index contributed by atoms with van der Waals surface area (Å²) in [4.78, 5) is 15.7. The first-order valence-corrected chi connectivity index (χ1v) is 8.66. The Labute approximate surface area is 135 Å². The summed E-state index contributed by atoms with van der Waals surface area (Å²) in [6.45, 7) is 1.73. The van der Waals surface area contributed by atoms with Crippen molar-refractivity contribution in [3.8, 4) is 0 Å². The van der Waals surface area contributed by atoms with Crippen molar-refractivity contribution in [2.45, 2.75) is 13.5 Å². The number of aromatic nitrogens is 1. The van der Waals surface area contributed by atoms with E-state index in [1.165, 1.54) is 17.5 Å². The molecule has 0 aliphatic carbocycles. The molecule has 2 aromatic rings. The van der Waals surface area contributed by atoms with E-state index in [1.54, 1.807) is 49.6 Å². The number of methoxy groups -OCH3 is 1. The number of ether oxygens (including phenoxy) is 1. The first-order chi connectivity index (χ1) is 11.0. The second-order valence-corrected chi connectivity index (χ2v) is 6.99. The van der Waals surface area contributed by atoms with E-state index in [0.717, 1.165) is 5.56 Å². The lowest BCUT2D eigenvalue weighted by atomic mass is 10.2. The van der Waals surface area contributed by atoms with E-state index in [9.17, 15) is 13.2 Å². The van der Waals surface area contributed by atoms with Gasteiger partial charge >= 0.3 is 5.97 Å². The maximum atomic E-state index is 12.4. The summed E-state index contributed by atoms with van der Waals surface area (Å²) in [7, 11) is -2.22. The molecule has 6 nitrogen and oxygen atoms in total. The molecule has 0 aliphatic rings. The SMILES string of the molecule is CCS(=O)(=O)N(Cc1cccnc1)c1cccc(C(=O)OC)c1. The molecule has 1 aromatic heterocycles. The summed E-state index contributed by atoms with van der Waals surface area (Å²) in [5.74, 6) is -0.558. The van der Waals surface area contributed by atoms with E-state index in [1.807, 2.05) is 0 Å². The van der Waals surface area contributed by atoms with Gasteiger partial charge in [-0.1, -0.05) is 12.1 Å². The Bertz CT molecular complexity index is 776. The fraction of sp³-hybridized carbons (Fsp3) is 0.250. The number of carbonyl (C=O) groups excluding carboxylic acids is 1. The Morgan fingerprint density at radius 2 is 2.04 bits per heavy atom. The van der Waals surface area contributed by atoms with E-state index >= 15 is 0 Å². The Morgan fingerprint density at radius 3 is 2.65 bits per heavy atom. The average molecular weight is 334 g/mol. The van der Waals surface area contributed by atoms with Crippen LogP contribution in [0, 0.1) is 0 Å². The van der Waals surface area contributed by atoms with Crippen molar-refractivity contribution in [1.82, 2.24) is 4.98 Å². The second-order valence-electron chi connectivity index (χ2n) is 4.81.